The van der Waals surface area contributed by atoms with E-state index in [1.54, 1.807) is 0 Å². The van der Waals surface area contributed by atoms with E-state index in [1.165, 1.54) is 69.0 Å². The molecule has 0 bridgehead atoms. The van der Waals surface area contributed by atoms with Crippen molar-refractivity contribution in [3.8, 4) is 11.1 Å². The van der Waals surface area contributed by atoms with Gasteiger partial charge in [-0.1, -0.05) is 136 Å². The molecule has 1 fully saturated rings. The van der Waals surface area contributed by atoms with Gasteiger partial charge in [0.25, 0.3) is 0 Å². The lowest BCUT2D eigenvalue weighted by Gasteiger charge is -2.33. The SMILES string of the molecule is CCC1(C)c2ccccc2-c2ccc(N(c3ccccc3)c3ccc(C4(c5ccc(N(c6ccccc6)c6ccccc6)cc5)CCCC4)cc3)cc21. The maximum absolute atomic E-state index is 2.45. The molecule has 0 N–H and O–H groups in total. The van der Waals surface area contributed by atoms with Crippen LogP contribution in [0.2, 0.25) is 0 Å². The van der Waals surface area contributed by atoms with E-state index in [4.69, 9.17) is 0 Å². The Kier molecular flexibility index (Phi) is 8.47. The average Bonchev–Trinajstić information content (AvgIpc) is 3.83. The minimum Gasteiger partial charge on any atom is -0.311 e. The van der Waals surface area contributed by atoms with Gasteiger partial charge < -0.3 is 9.80 Å². The van der Waals surface area contributed by atoms with Crippen LogP contribution in [0.15, 0.2) is 182 Å². The normalized spacial score (nSPS) is 16.9. The molecule has 0 aliphatic heterocycles. The Bertz CT molecular complexity index is 2280. The molecule has 0 spiro atoms. The lowest BCUT2D eigenvalue weighted by atomic mass is 9.73. The van der Waals surface area contributed by atoms with Crippen molar-refractivity contribution in [3.63, 3.8) is 0 Å². The van der Waals surface area contributed by atoms with Gasteiger partial charge >= 0.3 is 0 Å². The van der Waals surface area contributed by atoms with Crippen molar-refractivity contribution < 1.29 is 0 Å². The number of hydrogen-bond acceptors (Lipinski definition) is 2. The van der Waals surface area contributed by atoms with Gasteiger partial charge in [0.1, 0.15) is 0 Å². The van der Waals surface area contributed by atoms with Gasteiger partial charge in [0.05, 0.1) is 0 Å². The molecular formula is C51H46N2. The number of para-hydroxylation sites is 3. The van der Waals surface area contributed by atoms with Crippen LogP contribution in [0, 0.1) is 0 Å². The van der Waals surface area contributed by atoms with Crippen molar-refractivity contribution in [1.29, 1.82) is 0 Å². The fraction of sp³-hybridized carbons (Fsp3) is 0.176. The van der Waals surface area contributed by atoms with Crippen molar-refractivity contribution in [2.24, 2.45) is 0 Å². The molecule has 0 radical (unpaired) electrons. The van der Waals surface area contributed by atoms with Crippen molar-refractivity contribution in [3.05, 3.63) is 204 Å². The maximum Gasteiger partial charge on any atom is 0.0465 e. The second-order valence-electron chi connectivity index (χ2n) is 15.0. The highest BCUT2D eigenvalue weighted by Crippen LogP contribution is 2.53. The minimum absolute atomic E-state index is 0.00124. The summed E-state index contributed by atoms with van der Waals surface area (Å²) in [6.45, 7) is 4.73. The van der Waals surface area contributed by atoms with Crippen LogP contribution in [0.4, 0.5) is 34.1 Å². The maximum atomic E-state index is 2.45. The molecule has 2 heteroatoms. The van der Waals surface area contributed by atoms with E-state index >= 15 is 0 Å². The standard InChI is InChI=1S/C51H46N2/c1-3-50(2)48-24-14-13-23-46(48)47-34-33-45(37-49(47)50)53(42-21-11-6-12-22-42)44-31-27-39(28-32-44)51(35-15-16-36-51)38-25-29-43(30-26-38)52(40-17-7-4-8-18-40)41-19-9-5-10-20-41/h4-14,17-34,37H,3,15-16,35-36H2,1-2H3. The second-order valence-corrected chi connectivity index (χ2v) is 15.0. The van der Waals surface area contributed by atoms with Crippen LogP contribution in [0.3, 0.4) is 0 Å². The van der Waals surface area contributed by atoms with Crippen molar-refractivity contribution >= 4 is 34.1 Å². The monoisotopic (exact) mass is 686 g/mol. The first-order chi connectivity index (χ1) is 26.1. The summed E-state index contributed by atoms with van der Waals surface area (Å²) in [5.41, 5.74) is 15.4. The molecule has 1 atom stereocenters. The fourth-order valence-electron chi connectivity index (χ4n) is 9.30. The molecule has 7 aromatic rings. The van der Waals surface area contributed by atoms with Crippen LogP contribution < -0.4 is 9.80 Å². The highest BCUT2D eigenvalue weighted by molar-refractivity contribution is 5.86. The summed E-state index contributed by atoms with van der Waals surface area (Å²) >= 11 is 0. The lowest BCUT2D eigenvalue weighted by Crippen LogP contribution is -2.24. The Hall–Kier alpha value is -5.86. The Labute approximate surface area is 315 Å². The molecule has 9 rings (SSSR count). The average molecular weight is 687 g/mol. The second kappa shape index (κ2) is 13.6. The number of hydrogen-bond donors (Lipinski definition) is 0. The Morgan fingerprint density at radius 1 is 0.415 bits per heavy atom. The molecule has 1 saturated carbocycles. The Morgan fingerprint density at radius 3 is 1.30 bits per heavy atom. The number of anilines is 6. The molecule has 1 unspecified atom stereocenters. The molecule has 0 aromatic heterocycles. The Morgan fingerprint density at radius 2 is 0.811 bits per heavy atom. The van der Waals surface area contributed by atoms with E-state index < -0.39 is 0 Å². The van der Waals surface area contributed by atoms with Crippen molar-refractivity contribution in [2.45, 2.75) is 56.8 Å². The summed E-state index contributed by atoms with van der Waals surface area (Å²) in [5.74, 6) is 0. The zero-order valence-electron chi connectivity index (χ0n) is 30.8. The predicted octanol–water partition coefficient (Wildman–Crippen LogP) is 14.2. The van der Waals surface area contributed by atoms with Crippen LogP contribution in [0.5, 0.6) is 0 Å². The number of nitrogens with zero attached hydrogens (tertiary/aromatic N) is 2. The van der Waals surface area contributed by atoms with Gasteiger partial charge in [-0.25, -0.2) is 0 Å². The first kappa shape index (κ1) is 33.0. The largest absolute Gasteiger partial charge is 0.311 e. The van der Waals surface area contributed by atoms with Crippen LogP contribution in [-0.4, -0.2) is 0 Å². The highest BCUT2D eigenvalue weighted by atomic mass is 15.1. The first-order valence-corrected chi connectivity index (χ1v) is 19.3. The van der Waals surface area contributed by atoms with Crippen LogP contribution in [0.25, 0.3) is 11.1 Å². The van der Waals surface area contributed by atoms with E-state index in [1.807, 2.05) is 0 Å². The first-order valence-electron chi connectivity index (χ1n) is 19.3. The van der Waals surface area contributed by atoms with Gasteiger partial charge in [0, 0.05) is 45.0 Å². The predicted molar refractivity (Wildman–Crippen MR) is 224 cm³/mol. The molecule has 0 heterocycles. The third kappa shape index (κ3) is 5.65. The molecule has 2 aliphatic carbocycles. The van der Waals surface area contributed by atoms with Gasteiger partial charge in [0.2, 0.25) is 0 Å². The molecule has 260 valence electrons. The molecule has 2 aliphatic rings. The summed E-state index contributed by atoms with van der Waals surface area (Å²) in [5, 5.41) is 0. The third-order valence-electron chi connectivity index (χ3n) is 12.2. The summed E-state index contributed by atoms with van der Waals surface area (Å²) in [4.78, 5) is 4.78. The van der Waals surface area contributed by atoms with Crippen molar-refractivity contribution in [2.75, 3.05) is 9.80 Å². The smallest absolute Gasteiger partial charge is 0.0465 e. The zero-order valence-corrected chi connectivity index (χ0v) is 30.8. The van der Waals surface area contributed by atoms with Crippen LogP contribution in [0.1, 0.15) is 68.2 Å². The summed E-state index contributed by atoms with van der Waals surface area (Å²) in [6.07, 6.45) is 5.87. The summed E-state index contributed by atoms with van der Waals surface area (Å²) in [6, 6.07) is 67.2. The molecule has 2 nitrogen and oxygen atoms in total. The quantitative estimate of drug-likeness (QED) is 0.149. The molecule has 0 amide bonds. The van der Waals surface area contributed by atoms with E-state index in [9.17, 15) is 0 Å². The van der Waals surface area contributed by atoms with Crippen LogP contribution in [-0.2, 0) is 10.8 Å². The Balaban J connectivity index is 1.08. The van der Waals surface area contributed by atoms with Gasteiger partial charge in [0.15, 0.2) is 0 Å². The molecular weight excluding hydrogens is 641 g/mol. The number of rotatable bonds is 9. The summed E-state index contributed by atoms with van der Waals surface area (Å²) in [7, 11) is 0. The van der Waals surface area contributed by atoms with Crippen LogP contribution >= 0.6 is 0 Å². The third-order valence-corrected chi connectivity index (χ3v) is 12.2. The van der Waals surface area contributed by atoms with E-state index in [0.717, 1.165) is 30.6 Å². The summed E-state index contributed by atoms with van der Waals surface area (Å²) < 4.78 is 0. The molecule has 53 heavy (non-hydrogen) atoms. The van der Waals surface area contributed by atoms with E-state index in [0.29, 0.717) is 0 Å². The topological polar surface area (TPSA) is 6.48 Å². The van der Waals surface area contributed by atoms with E-state index in [2.05, 4.69) is 206 Å². The molecule has 7 aromatic carbocycles. The molecule has 0 saturated heterocycles. The van der Waals surface area contributed by atoms with Crippen molar-refractivity contribution in [1.82, 2.24) is 0 Å². The lowest BCUT2D eigenvalue weighted by molar-refractivity contribution is 0.535. The highest BCUT2D eigenvalue weighted by Gasteiger charge is 2.39. The van der Waals surface area contributed by atoms with Gasteiger partial charge in [-0.3, -0.25) is 0 Å². The van der Waals surface area contributed by atoms with Gasteiger partial charge in [-0.15, -0.1) is 0 Å². The zero-order chi connectivity index (χ0) is 35.8. The minimum atomic E-state index is -0.0161. The van der Waals surface area contributed by atoms with E-state index in [-0.39, 0.29) is 10.8 Å². The van der Waals surface area contributed by atoms with Gasteiger partial charge in [-0.2, -0.15) is 0 Å². The number of benzene rings is 7. The number of fused-ring (bicyclic) bond motifs is 3. The van der Waals surface area contributed by atoms with Gasteiger partial charge in [-0.05, 0) is 125 Å². The fourth-order valence-corrected chi connectivity index (χ4v) is 9.30.